The summed E-state index contributed by atoms with van der Waals surface area (Å²) in [5.74, 6) is 0. The molecule has 0 amide bonds. The molecule has 1 aromatic heterocycles. The van der Waals surface area contributed by atoms with Crippen LogP contribution in [0.5, 0.6) is 0 Å². The number of aromatic nitrogens is 2. The molecule has 112 valence electrons. The second kappa shape index (κ2) is 5.18. The van der Waals surface area contributed by atoms with E-state index in [-0.39, 0.29) is 11.5 Å². The van der Waals surface area contributed by atoms with Crippen LogP contribution >= 0.6 is 0 Å². The fourth-order valence-corrected chi connectivity index (χ4v) is 2.47. The lowest BCUT2D eigenvalue weighted by Crippen LogP contribution is -2.33. The molecule has 1 aliphatic heterocycles. The molecule has 1 aliphatic rings. The lowest BCUT2D eigenvalue weighted by Gasteiger charge is -2.24. The van der Waals surface area contributed by atoms with Crippen molar-refractivity contribution >= 4 is 0 Å². The van der Waals surface area contributed by atoms with Crippen LogP contribution in [0, 0.1) is 12.3 Å². The van der Waals surface area contributed by atoms with Crippen molar-refractivity contribution in [3.63, 3.8) is 0 Å². The average molecular weight is 282 g/mol. The molecular formula is C14H22N2O4. The third-order valence-corrected chi connectivity index (χ3v) is 3.47. The van der Waals surface area contributed by atoms with Crippen LogP contribution in [0.4, 0.5) is 0 Å². The van der Waals surface area contributed by atoms with Crippen molar-refractivity contribution in [2.75, 3.05) is 0 Å². The Balaban J connectivity index is 2.22. The quantitative estimate of drug-likeness (QED) is 0.845. The van der Waals surface area contributed by atoms with E-state index in [1.54, 1.807) is 6.92 Å². The third kappa shape index (κ3) is 3.19. The molecule has 1 aromatic rings. The molecule has 0 radical (unpaired) electrons. The van der Waals surface area contributed by atoms with Gasteiger partial charge in [0.15, 0.2) is 0 Å². The summed E-state index contributed by atoms with van der Waals surface area (Å²) in [4.78, 5) is 25.4. The molecule has 6 heteroatoms. The Morgan fingerprint density at radius 2 is 2.10 bits per heavy atom. The van der Waals surface area contributed by atoms with E-state index in [2.05, 4.69) is 25.8 Å². The molecule has 1 fully saturated rings. The largest absolute Gasteiger partial charge is 0.390 e. The van der Waals surface area contributed by atoms with E-state index in [1.807, 2.05) is 0 Å². The maximum Gasteiger partial charge on any atom is 0.330 e. The number of nitrogens with zero attached hydrogens (tertiary/aromatic N) is 1. The van der Waals surface area contributed by atoms with Crippen molar-refractivity contribution in [2.24, 2.45) is 5.41 Å². The summed E-state index contributed by atoms with van der Waals surface area (Å²) >= 11 is 0. The molecule has 20 heavy (non-hydrogen) atoms. The van der Waals surface area contributed by atoms with E-state index in [1.165, 1.54) is 10.8 Å². The van der Waals surface area contributed by atoms with E-state index in [0.29, 0.717) is 18.4 Å². The molecule has 3 atom stereocenters. The van der Waals surface area contributed by atoms with Gasteiger partial charge in [0.1, 0.15) is 6.23 Å². The van der Waals surface area contributed by atoms with Gasteiger partial charge >= 0.3 is 5.69 Å². The van der Waals surface area contributed by atoms with Gasteiger partial charge < -0.3 is 9.84 Å². The fraction of sp³-hybridized carbons (Fsp3) is 0.714. The van der Waals surface area contributed by atoms with Gasteiger partial charge in [0, 0.05) is 18.2 Å². The Kier molecular flexibility index (Phi) is 3.88. The molecule has 6 nitrogen and oxygen atoms in total. The highest BCUT2D eigenvalue weighted by atomic mass is 16.5. The number of hydrogen-bond acceptors (Lipinski definition) is 4. The average Bonchev–Trinajstić information content (AvgIpc) is 2.63. The monoisotopic (exact) mass is 282 g/mol. The summed E-state index contributed by atoms with van der Waals surface area (Å²) < 4.78 is 7.15. The summed E-state index contributed by atoms with van der Waals surface area (Å²) in [6, 6.07) is 0. The van der Waals surface area contributed by atoms with Gasteiger partial charge in [-0.15, -0.1) is 0 Å². The minimum atomic E-state index is -0.599. The van der Waals surface area contributed by atoms with Crippen molar-refractivity contribution in [1.82, 2.24) is 9.55 Å². The second-order valence-corrected chi connectivity index (χ2v) is 6.68. The molecule has 2 unspecified atom stereocenters. The molecule has 0 saturated carbocycles. The van der Waals surface area contributed by atoms with Gasteiger partial charge in [-0.2, -0.15) is 0 Å². The SMILES string of the molecule is Cc1cn([C@@H]2CC(O)C(CC(C)(C)C)O2)c(=O)[nH]c1=O. The summed E-state index contributed by atoms with van der Waals surface area (Å²) in [6.45, 7) is 7.86. The van der Waals surface area contributed by atoms with Gasteiger partial charge in [0.25, 0.3) is 5.56 Å². The van der Waals surface area contributed by atoms with Gasteiger partial charge in [-0.05, 0) is 18.8 Å². The molecule has 2 rings (SSSR count). The topological polar surface area (TPSA) is 84.3 Å². The van der Waals surface area contributed by atoms with Gasteiger partial charge in [-0.1, -0.05) is 20.8 Å². The molecule has 1 saturated heterocycles. The predicted octanol–water partition coefficient (Wildman–Crippen LogP) is 0.930. The molecule has 0 spiro atoms. The lowest BCUT2D eigenvalue weighted by molar-refractivity contribution is -0.0383. The number of H-pyrrole nitrogens is 1. The Labute approximate surface area is 117 Å². The standard InChI is InChI=1S/C14H22N2O4/c1-8-7-16(13(19)15-12(8)18)11-5-9(17)10(20-11)6-14(2,3)4/h7,9-11,17H,5-6H2,1-4H3,(H,15,18,19)/t9?,10?,11-/m0/s1. The highest BCUT2D eigenvalue weighted by Gasteiger charge is 2.37. The minimum absolute atomic E-state index is 0.0341. The highest BCUT2D eigenvalue weighted by molar-refractivity contribution is 5.02. The van der Waals surface area contributed by atoms with E-state index in [9.17, 15) is 14.7 Å². The predicted molar refractivity (Wildman–Crippen MR) is 74.7 cm³/mol. The smallest absolute Gasteiger partial charge is 0.330 e. The van der Waals surface area contributed by atoms with Crippen molar-refractivity contribution in [3.8, 4) is 0 Å². The Bertz CT molecular complexity index is 596. The maximum absolute atomic E-state index is 11.8. The van der Waals surface area contributed by atoms with Gasteiger partial charge in [-0.25, -0.2) is 4.79 Å². The van der Waals surface area contributed by atoms with E-state index in [4.69, 9.17) is 4.74 Å². The first-order valence-electron chi connectivity index (χ1n) is 6.83. The number of hydrogen-bond donors (Lipinski definition) is 2. The summed E-state index contributed by atoms with van der Waals surface area (Å²) in [7, 11) is 0. The van der Waals surface area contributed by atoms with Crippen molar-refractivity contribution in [1.29, 1.82) is 0 Å². The fourth-order valence-electron chi connectivity index (χ4n) is 2.47. The van der Waals surface area contributed by atoms with Crippen LogP contribution in [0.3, 0.4) is 0 Å². The number of rotatable bonds is 2. The van der Waals surface area contributed by atoms with Crippen LogP contribution in [0.25, 0.3) is 0 Å². The first-order chi connectivity index (χ1) is 9.17. The first-order valence-corrected chi connectivity index (χ1v) is 6.83. The highest BCUT2D eigenvalue weighted by Crippen LogP contribution is 2.34. The van der Waals surface area contributed by atoms with Crippen LogP contribution in [0.15, 0.2) is 15.8 Å². The molecule has 0 bridgehead atoms. The van der Waals surface area contributed by atoms with E-state index >= 15 is 0 Å². The number of ether oxygens (including phenoxy) is 1. The summed E-state index contributed by atoms with van der Waals surface area (Å²) in [5, 5.41) is 10.1. The van der Waals surface area contributed by atoms with Crippen LogP contribution in [0.2, 0.25) is 0 Å². The van der Waals surface area contributed by atoms with Gasteiger partial charge in [-0.3, -0.25) is 14.3 Å². The summed E-state index contributed by atoms with van der Waals surface area (Å²) in [6.07, 6.45) is 1.13. The van der Waals surface area contributed by atoms with Crippen molar-refractivity contribution < 1.29 is 9.84 Å². The second-order valence-electron chi connectivity index (χ2n) is 6.68. The molecule has 0 aromatic carbocycles. The number of nitrogens with one attached hydrogen (secondary N) is 1. The number of aromatic amines is 1. The van der Waals surface area contributed by atoms with Crippen molar-refractivity contribution in [2.45, 2.75) is 59.0 Å². The molecular weight excluding hydrogens is 260 g/mol. The molecule has 2 heterocycles. The normalized spacial score (nSPS) is 26.9. The Morgan fingerprint density at radius 1 is 1.45 bits per heavy atom. The maximum atomic E-state index is 11.8. The lowest BCUT2D eigenvalue weighted by atomic mass is 9.87. The van der Waals surface area contributed by atoms with Crippen molar-refractivity contribution in [3.05, 3.63) is 32.6 Å². The number of aliphatic hydroxyl groups excluding tert-OH is 1. The summed E-state index contributed by atoms with van der Waals surface area (Å²) in [5.41, 5.74) is -0.418. The zero-order valence-corrected chi connectivity index (χ0v) is 12.3. The van der Waals surface area contributed by atoms with E-state index < -0.39 is 23.6 Å². The van der Waals surface area contributed by atoms with E-state index in [0.717, 1.165) is 0 Å². The molecule has 2 N–H and O–H groups in total. The first kappa shape index (κ1) is 15.0. The number of aliphatic hydroxyl groups is 1. The number of aryl methyl sites for hydroxylation is 1. The van der Waals surface area contributed by atoms with Crippen LogP contribution < -0.4 is 11.2 Å². The van der Waals surface area contributed by atoms with Gasteiger partial charge in [0.05, 0.1) is 12.2 Å². The van der Waals surface area contributed by atoms with Crippen LogP contribution in [-0.4, -0.2) is 26.9 Å². The van der Waals surface area contributed by atoms with Crippen LogP contribution in [-0.2, 0) is 4.74 Å². The van der Waals surface area contributed by atoms with Gasteiger partial charge in [0.2, 0.25) is 0 Å². The minimum Gasteiger partial charge on any atom is -0.390 e. The van der Waals surface area contributed by atoms with Crippen LogP contribution in [0.1, 0.15) is 45.4 Å². The molecule has 0 aliphatic carbocycles. The Hall–Kier alpha value is -1.40. The zero-order valence-electron chi connectivity index (χ0n) is 12.3. The Morgan fingerprint density at radius 3 is 2.70 bits per heavy atom. The zero-order chi connectivity index (χ0) is 15.1. The third-order valence-electron chi connectivity index (χ3n) is 3.47.